The number of unbranched alkanes of at least 4 members (excludes halogenated alkanes) is 17. The van der Waals surface area contributed by atoms with Crippen molar-refractivity contribution in [1.82, 2.24) is 0 Å². The fraction of sp³-hybridized carbons (Fsp3) is 0.868. The number of carboxylic acids is 3. The molecule has 0 aromatic carbocycles. The van der Waals surface area contributed by atoms with Gasteiger partial charge in [0.25, 0.3) is 0 Å². The van der Waals surface area contributed by atoms with E-state index in [9.17, 15) is 29.7 Å². The normalized spacial score (nSPS) is 15.1. The Labute approximate surface area is 276 Å². The number of carboxylic acid groups (broad SMARTS) is 3. The molecule has 264 valence electrons. The predicted octanol–water partition coefficient (Wildman–Crippen LogP) is 8.79. The smallest absolute Gasteiger partial charge is 0.306 e. The van der Waals surface area contributed by atoms with Gasteiger partial charge >= 0.3 is 11.9 Å². The molecule has 0 heterocycles. The van der Waals surface area contributed by atoms with Gasteiger partial charge in [0.05, 0.1) is 38.0 Å². The van der Waals surface area contributed by atoms with Crippen LogP contribution in [0.5, 0.6) is 0 Å². The van der Waals surface area contributed by atoms with E-state index in [1.165, 1.54) is 103 Å². The lowest BCUT2D eigenvalue weighted by molar-refractivity contribution is -0.929. The van der Waals surface area contributed by atoms with Crippen molar-refractivity contribution in [3.8, 4) is 0 Å². The Kier molecular flexibility index (Phi) is 27.2. The number of rotatable bonds is 33. The molecule has 0 aliphatic carbocycles. The van der Waals surface area contributed by atoms with E-state index >= 15 is 0 Å². The number of quaternary nitrogens is 1. The number of carbonyl (C=O) groups excluding carboxylic acids is 1. The highest BCUT2D eigenvalue weighted by molar-refractivity contribution is 5.69. The standard InChI is InChI=1S/C38H71NO6/c1-5-6-7-8-9-10-11-12-13-14-15-16-17-18-19-20-21-22-23-24-25-29-39(30-26-33(2)36(40)41,31-27-34(3)37(42)43)32-28-35(4)38(44)45/h15-16,33-35H,5-14,17-32H2,1-4H3,(H2-,40,41,42,43,44,45)/b16-15+. The predicted molar refractivity (Wildman–Crippen MR) is 184 cm³/mol. The molecular weight excluding hydrogens is 566 g/mol. The molecule has 0 aliphatic heterocycles. The highest BCUT2D eigenvalue weighted by atomic mass is 16.4. The minimum absolute atomic E-state index is 0.444. The van der Waals surface area contributed by atoms with Gasteiger partial charge < -0.3 is 24.6 Å². The summed E-state index contributed by atoms with van der Waals surface area (Å²) in [5, 5.41) is 30.3. The third-order valence-corrected chi connectivity index (χ3v) is 9.75. The van der Waals surface area contributed by atoms with Crippen LogP contribution in [0.15, 0.2) is 12.2 Å². The van der Waals surface area contributed by atoms with Gasteiger partial charge in [0, 0.05) is 31.1 Å². The quantitative estimate of drug-likeness (QED) is 0.0422. The summed E-state index contributed by atoms with van der Waals surface area (Å²) < 4.78 is 0.583. The second kappa shape index (κ2) is 28.3. The maximum Gasteiger partial charge on any atom is 0.306 e. The van der Waals surface area contributed by atoms with Crippen molar-refractivity contribution in [2.45, 2.75) is 169 Å². The van der Waals surface area contributed by atoms with Crippen LogP contribution in [0.3, 0.4) is 0 Å². The van der Waals surface area contributed by atoms with Gasteiger partial charge in [0.2, 0.25) is 0 Å². The highest BCUT2D eigenvalue weighted by Crippen LogP contribution is 2.22. The molecular formula is C38H71NO6. The third kappa shape index (κ3) is 24.9. The summed E-state index contributed by atoms with van der Waals surface area (Å²) in [5.41, 5.74) is 0. The van der Waals surface area contributed by atoms with E-state index in [4.69, 9.17) is 0 Å². The van der Waals surface area contributed by atoms with E-state index in [-0.39, 0.29) is 0 Å². The zero-order chi connectivity index (χ0) is 33.8. The third-order valence-electron chi connectivity index (χ3n) is 9.75. The van der Waals surface area contributed by atoms with Gasteiger partial charge in [0.1, 0.15) is 0 Å². The minimum atomic E-state index is -1.07. The topological polar surface area (TPSA) is 115 Å². The van der Waals surface area contributed by atoms with Crippen LogP contribution in [-0.2, 0) is 14.4 Å². The number of nitrogens with zero attached hydrogens (tertiary/aromatic N) is 1. The molecule has 0 radical (unpaired) electrons. The van der Waals surface area contributed by atoms with Gasteiger partial charge in [-0.1, -0.05) is 123 Å². The number of carbonyl (C=O) groups is 3. The van der Waals surface area contributed by atoms with Gasteiger partial charge in [-0.3, -0.25) is 9.59 Å². The summed E-state index contributed by atoms with van der Waals surface area (Å²) in [5.74, 6) is -4.32. The molecule has 0 bridgehead atoms. The maximum absolute atomic E-state index is 11.5. The van der Waals surface area contributed by atoms with Crippen molar-refractivity contribution in [2.75, 3.05) is 26.2 Å². The Bertz CT molecular complexity index is 722. The number of hydrogen-bond donors (Lipinski definition) is 2. The molecule has 0 fully saturated rings. The van der Waals surface area contributed by atoms with E-state index in [0.717, 1.165) is 25.8 Å². The second-order valence-corrected chi connectivity index (χ2v) is 14.0. The highest BCUT2D eigenvalue weighted by Gasteiger charge is 2.30. The Morgan fingerprint density at radius 3 is 1.22 bits per heavy atom. The van der Waals surface area contributed by atoms with Crippen LogP contribution >= 0.6 is 0 Å². The van der Waals surface area contributed by atoms with Crippen LogP contribution in [0.25, 0.3) is 0 Å². The fourth-order valence-corrected chi connectivity index (χ4v) is 6.02. The molecule has 0 amide bonds. The molecule has 3 unspecified atom stereocenters. The molecule has 7 nitrogen and oxygen atoms in total. The van der Waals surface area contributed by atoms with Crippen LogP contribution in [-0.4, -0.2) is 58.8 Å². The van der Waals surface area contributed by atoms with E-state index in [1.807, 2.05) is 0 Å². The monoisotopic (exact) mass is 638 g/mol. The van der Waals surface area contributed by atoms with Crippen molar-refractivity contribution in [1.29, 1.82) is 0 Å². The van der Waals surface area contributed by atoms with Crippen molar-refractivity contribution < 1.29 is 34.2 Å². The lowest BCUT2D eigenvalue weighted by atomic mass is 10.0. The fourth-order valence-electron chi connectivity index (χ4n) is 6.02. The zero-order valence-electron chi connectivity index (χ0n) is 29.7. The van der Waals surface area contributed by atoms with Crippen molar-refractivity contribution in [3.05, 3.63) is 12.2 Å². The van der Waals surface area contributed by atoms with Gasteiger partial charge in [-0.25, -0.2) is 0 Å². The Morgan fingerprint density at radius 2 is 0.867 bits per heavy atom. The molecule has 3 atom stereocenters. The molecule has 0 spiro atoms. The lowest BCUT2D eigenvalue weighted by Gasteiger charge is -2.41. The summed E-state index contributed by atoms with van der Waals surface area (Å²) in [6.07, 6.45) is 30.5. The molecule has 0 saturated heterocycles. The first-order valence-electron chi connectivity index (χ1n) is 18.7. The maximum atomic E-state index is 11.5. The summed E-state index contributed by atoms with van der Waals surface area (Å²) in [6.45, 7) is 9.99. The SMILES string of the molecule is CCCCCCCCCCC/C=C/CCCCCCCCCC[N+](CCC(C)C(=O)[O-])(CCC(C)C(=O)O)CCC(C)C(=O)O. The molecule has 0 aromatic heterocycles. The first-order valence-corrected chi connectivity index (χ1v) is 18.7. The minimum Gasteiger partial charge on any atom is -0.550 e. The molecule has 0 saturated carbocycles. The van der Waals surface area contributed by atoms with Crippen molar-refractivity contribution >= 4 is 17.9 Å². The lowest BCUT2D eigenvalue weighted by Crippen LogP contribution is -2.52. The number of hydrogen-bond acceptors (Lipinski definition) is 4. The van der Waals surface area contributed by atoms with E-state index in [1.54, 1.807) is 20.8 Å². The van der Waals surface area contributed by atoms with E-state index in [0.29, 0.717) is 43.4 Å². The largest absolute Gasteiger partial charge is 0.550 e. The summed E-state index contributed by atoms with van der Waals surface area (Å²) >= 11 is 0. The van der Waals surface area contributed by atoms with Crippen LogP contribution in [0.1, 0.15) is 169 Å². The summed E-state index contributed by atoms with van der Waals surface area (Å²) in [6, 6.07) is 0. The van der Waals surface area contributed by atoms with Crippen molar-refractivity contribution in [2.24, 2.45) is 17.8 Å². The Balaban J connectivity index is 4.36. The average molecular weight is 638 g/mol. The molecule has 2 N–H and O–H groups in total. The first kappa shape index (κ1) is 43.1. The van der Waals surface area contributed by atoms with Crippen LogP contribution < -0.4 is 5.11 Å². The average Bonchev–Trinajstić information content (AvgIpc) is 3.01. The van der Waals surface area contributed by atoms with E-state index in [2.05, 4.69) is 19.1 Å². The number of aliphatic carboxylic acids is 3. The first-order chi connectivity index (χ1) is 21.5. The number of allylic oxidation sites excluding steroid dienone is 2. The Morgan fingerprint density at radius 1 is 0.533 bits per heavy atom. The summed E-state index contributed by atoms with van der Waals surface area (Å²) in [4.78, 5) is 34.4. The van der Waals surface area contributed by atoms with Gasteiger partial charge in [-0.15, -0.1) is 0 Å². The molecule has 0 aliphatic rings. The molecule has 7 heteroatoms. The summed E-state index contributed by atoms with van der Waals surface area (Å²) in [7, 11) is 0. The molecule has 0 rings (SSSR count). The second-order valence-electron chi connectivity index (χ2n) is 14.0. The van der Waals surface area contributed by atoms with Gasteiger partial charge in [-0.2, -0.15) is 0 Å². The molecule has 0 aromatic rings. The van der Waals surface area contributed by atoms with Crippen LogP contribution in [0, 0.1) is 17.8 Å². The van der Waals surface area contributed by atoms with Crippen LogP contribution in [0.4, 0.5) is 0 Å². The Hall–Kier alpha value is -1.89. The van der Waals surface area contributed by atoms with E-state index < -0.39 is 35.7 Å². The van der Waals surface area contributed by atoms with Crippen LogP contribution in [0.2, 0.25) is 0 Å². The molecule has 45 heavy (non-hydrogen) atoms. The van der Waals surface area contributed by atoms with Gasteiger partial charge in [0.15, 0.2) is 0 Å². The van der Waals surface area contributed by atoms with Crippen molar-refractivity contribution in [3.63, 3.8) is 0 Å². The van der Waals surface area contributed by atoms with Gasteiger partial charge in [-0.05, 0) is 38.5 Å². The zero-order valence-corrected chi connectivity index (χ0v) is 29.7.